The Hall–Kier alpha value is -1.39. The van der Waals surface area contributed by atoms with E-state index >= 15 is 0 Å². The summed E-state index contributed by atoms with van der Waals surface area (Å²) in [6.07, 6.45) is -2.87. The fraction of sp³-hybridized carbons (Fsp3) is 0.400. The lowest BCUT2D eigenvalue weighted by atomic mass is 10.1. The first-order valence-corrected chi connectivity index (χ1v) is 4.54. The van der Waals surface area contributed by atoms with Gasteiger partial charge in [0.25, 0.3) is 0 Å². The van der Waals surface area contributed by atoms with Gasteiger partial charge < -0.3 is 9.84 Å². The molecular weight excluding hydrogens is 209 g/mol. The van der Waals surface area contributed by atoms with E-state index in [1.165, 1.54) is 12.1 Å². The van der Waals surface area contributed by atoms with E-state index in [4.69, 9.17) is 0 Å². The van der Waals surface area contributed by atoms with Crippen molar-refractivity contribution in [3.8, 4) is 11.5 Å². The maximum atomic E-state index is 11.9. The van der Waals surface area contributed by atoms with E-state index in [1.807, 2.05) is 0 Å². The molecule has 0 aromatic heterocycles. The Labute approximate surface area is 84.3 Å². The maximum absolute atomic E-state index is 11.9. The van der Waals surface area contributed by atoms with Crippen LogP contribution in [-0.2, 0) is 0 Å². The number of alkyl halides is 3. The van der Waals surface area contributed by atoms with E-state index in [2.05, 4.69) is 4.74 Å². The van der Waals surface area contributed by atoms with Crippen LogP contribution in [0.25, 0.3) is 0 Å². The van der Waals surface area contributed by atoms with Gasteiger partial charge in [0.1, 0.15) is 11.5 Å². The Morgan fingerprint density at radius 2 is 1.93 bits per heavy atom. The Morgan fingerprint density at radius 1 is 1.27 bits per heavy atom. The fourth-order valence-electron chi connectivity index (χ4n) is 1.45. The van der Waals surface area contributed by atoms with Gasteiger partial charge in [-0.3, -0.25) is 0 Å². The van der Waals surface area contributed by atoms with Gasteiger partial charge in [-0.2, -0.15) is 0 Å². The number of halogens is 3. The minimum absolute atomic E-state index is 0.0343. The molecule has 1 aromatic rings. The zero-order valence-electron chi connectivity index (χ0n) is 7.71. The summed E-state index contributed by atoms with van der Waals surface area (Å²) in [5, 5.41) is 9.41. The molecule has 0 saturated heterocycles. The predicted octanol–water partition coefficient (Wildman–Crippen LogP) is 3.17. The molecule has 0 aliphatic heterocycles. The highest BCUT2D eigenvalue weighted by Crippen LogP contribution is 2.45. The second-order valence-corrected chi connectivity index (χ2v) is 3.54. The summed E-state index contributed by atoms with van der Waals surface area (Å²) in [4.78, 5) is 0. The number of ether oxygens (including phenoxy) is 1. The Morgan fingerprint density at radius 3 is 2.47 bits per heavy atom. The second kappa shape index (κ2) is 3.32. The first kappa shape index (κ1) is 10.1. The first-order chi connectivity index (χ1) is 6.96. The van der Waals surface area contributed by atoms with Crippen LogP contribution < -0.4 is 4.74 Å². The molecule has 0 bridgehead atoms. The van der Waals surface area contributed by atoms with Gasteiger partial charge in [-0.15, -0.1) is 13.2 Å². The van der Waals surface area contributed by atoms with Gasteiger partial charge in [0, 0.05) is 5.56 Å². The van der Waals surface area contributed by atoms with E-state index in [9.17, 15) is 18.3 Å². The molecule has 1 aliphatic carbocycles. The van der Waals surface area contributed by atoms with Crippen molar-refractivity contribution in [2.45, 2.75) is 25.1 Å². The van der Waals surface area contributed by atoms with Gasteiger partial charge in [-0.05, 0) is 37.0 Å². The molecule has 2 nitrogen and oxygen atoms in total. The third-order valence-electron chi connectivity index (χ3n) is 2.25. The predicted molar refractivity (Wildman–Crippen MR) is 46.8 cm³/mol. The zero-order valence-corrected chi connectivity index (χ0v) is 7.71. The van der Waals surface area contributed by atoms with Crippen molar-refractivity contribution < 1.29 is 23.0 Å². The fourth-order valence-corrected chi connectivity index (χ4v) is 1.45. The number of rotatable bonds is 2. The Kier molecular flexibility index (Phi) is 2.25. The Balaban J connectivity index is 2.22. The number of hydrogen-bond acceptors (Lipinski definition) is 2. The van der Waals surface area contributed by atoms with Crippen LogP contribution in [0.15, 0.2) is 18.2 Å². The monoisotopic (exact) mass is 218 g/mol. The van der Waals surface area contributed by atoms with E-state index in [0.717, 1.165) is 18.9 Å². The molecule has 2 rings (SSSR count). The summed E-state index contributed by atoms with van der Waals surface area (Å²) in [6.45, 7) is 0. The van der Waals surface area contributed by atoms with E-state index in [1.54, 1.807) is 0 Å². The highest BCUT2D eigenvalue weighted by atomic mass is 19.4. The van der Waals surface area contributed by atoms with Gasteiger partial charge in [0.15, 0.2) is 0 Å². The van der Waals surface area contributed by atoms with Crippen molar-refractivity contribution in [1.82, 2.24) is 0 Å². The molecule has 1 fully saturated rings. The van der Waals surface area contributed by atoms with E-state index in [-0.39, 0.29) is 17.4 Å². The van der Waals surface area contributed by atoms with Gasteiger partial charge in [0.05, 0.1) is 0 Å². The molecule has 0 atom stereocenters. The maximum Gasteiger partial charge on any atom is 0.573 e. The minimum Gasteiger partial charge on any atom is -0.508 e. The van der Waals surface area contributed by atoms with Gasteiger partial charge in [-0.1, -0.05) is 0 Å². The summed E-state index contributed by atoms with van der Waals surface area (Å²) in [5.41, 5.74) is 0.539. The smallest absolute Gasteiger partial charge is 0.508 e. The molecular formula is C10H9F3O2. The van der Waals surface area contributed by atoms with Crippen LogP contribution in [0.1, 0.15) is 24.3 Å². The highest BCUT2D eigenvalue weighted by molar-refractivity contribution is 5.43. The van der Waals surface area contributed by atoms with Crippen LogP contribution in [0.3, 0.4) is 0 Å². The summed E-state index contributed by atoms with van der Waals surface area (Å²) >= 11 is 0. The van der Waals surface area contributed by atoms with Gasteiger partial charge in [-0.25, -0.2) is 0 Å². The summed E-state index contributed by atoms with van der Waals surface area (Å²) in [7, 11) is 0. The number of aromatic hydroxyl groups is 1. The zero-order chi connectivity index (χ0) is 11.1. The average Bonchev–Trinajstić information content (AvgIpc) is 2.88. The molecule has 1 saturated carbocycles. The molecule has 15 heavy (non-hydrogen) atoms. The lowest BCUT2D eigenvalue weighted by Gasteiger charge is -2.10. The van der Waals surface area contributed by atoms with Crippen LogP contribution in [0.2, 0.25) is 0 Å². The number of hydrogen-bond donors (Lipinski definition) is 1. The quantitative estimate of drug-likeness (QED) is 0.826. The van der Waals surface area contributed by atoms with E-state index in [0.29, 0.717) is 5.56 Å². The number of phenols is 1. The SMILES string of the molecule is Oc1ccc(OC(F)(F)F)cc1C1CC1. The molecule has 1 N–H and O–H groups in total. The summed E-state index contributed by atoms with van der Waals surface area (Å²) < 4.78 is 39.5. The van der Waals surface area contributed by atoms with E-state index < -0.39 is 6.36 Å². The molecule has 82 valence electrons. The van der Waals surface area contributed by atoms with Crippen molar-refractivity contribution in [2.24, 2.45) is 0 Å². The standard InChI is InChI=1S/C10H9F3O2/c11-10(12,13)15-7-3-4-9(14)8(5-7)6-1-2-6/h3-6,14H,1-2H2. The van der Waals surface area contributed by atoms with Crippen molar-refractivity contribution in [2.75, 3.05) is 0 Å². The Bertz CT molecular complexity index is 369. The molecule has 5 heteroatoms. The van der Waals surface area contributed by atoms with Crippen molar-refractivity contribution in [1.29, 1.82) is 0 Å². The van der Waals surface area contributed by atoms with Crippen LogP contribution >= 0.6 is 0 Å². The minimum atomic E-state index is -4.68. The van der Waals surface area contributed by atoms with Gasteiger partial charge in [0.2, 0.25) is 0 Å². The molecule has 0 spiro atoms. The number of phenolic OH excluding ortho intramolecular Hbond substituents is 1. The second-order valence-electron chi connectivity index (χ2n) is 3.54. The lowest BCUT2D eigenvalue weighted by Crippen LogP contribution is -2.17. The van der Waals surface area contributed by atoms with Crippen LogP contribution in [-0.4, -0.2) is 11.5 Å². The molecule has 0 radical (unpaired) electrons. The molecule has 0 heterocycles. The molecule has 0 amide bonds. The number of benzene rings is 1. The molecule has 1 aromatic carbocycles. The van der Waals surface area contributed by atoms with Crippen LogP contribution in [0.5, 0.6) is 11.5 Å². The third-order valence-corrected chi connectivity index (χ3v) is 2.25. The third kappa shape index (κ3) is 2.55. The van der Waals surface area contributed by atoms with Crippen molar-refractivity contribution >= 4 is 0 Å². The summed E-state index contributed by atoms with van der Waals surface area (Å²) in [6, 6.07) is 3.59. The van der Waals surface area contributed by atoms with Gasteiger partial charge >= 0.3 is 6.36 Å². The highest BCUT2D eigenvalue weighted by Gasteiger charge is 2.32. The molecule has 0 unspecified atom stereocenters. The van der Waals surface area contributed by atoms with Crippen molar-refractivity contribution in [3.05, 3.63) is 23.8 Å². The van der Waals surface area contributed by atoms with Crippen LogP contribution in [0.4, 0.5) is 13.2 Å². The first-order valence-electron chi connectivity index (χ1n) is 4.54. The largest absolute Gasteiger partial charge is 0.573 e. The van der Waals surface area contributed by atoms with Crippen LogP contribution in [0, 0.1) is 0 Å². The summed E-state index contributed by atoms with van der Waals surface area (Å²) in [5.74, 6) is -0.0593. The average molecular weight is 218 g/mol. The lowest BCUT2D eigenvalue weighted by molar-refractivity contribution is -0.274. The normalized spacial score (nSPS) is 16.5. The molecule has 1 aliphatic rings. The van der Waals surface area contributed by atoms with Crippen molar-refractivity contribution in [3.63, 3.8) is 0 Å². The topological polar surface area (TPSA) is 29.5 Å².